The van der Waals surface area contributed by atoms with E-state index in [0.29, 0.717) is 22.6 Å². The molecule has 1 heterocycles. The highest BCUT2D eigenvalue weighted by atomic mass is 16.6. The lowest BCUT2D eigenvalue weighted by molar-refractivity contribution is -0.385. The Hall–Kier alpha value is -4.01. The standard InChI is InChI=1S/C20H18N4O5/c1-3-29-20(26)17-12-21-23(13(17)2)15-10-8-14(9-11-15)22-19(25)16-6-4-5-7-18(16)24(27)28/h4-12H,3H2,1-2H3,(H,22,25). The summed E-state index contributed by atoms with van der Waals surface area (Å²) in [5.41, 5.74) is 1.86. The predicted octanol–water partition coefficient (Wildman–Crippen LogP) is 3.52. The molecule has 3 rings (SSSR count). The minimum Gasteiger partial charge on any atom is -0.462 e. The van der Waals surface area contributed by atoms with Crippen molar-refractivity contribution in [3.8, 4) is 5.69 Å². The molecular weight excluding hydrogens is 376 g/mol. The number of nitrogens with zero attached hydrogens (tertiary/aromatic N) is 3. The van der Waals surface area contributed by atoms with Crippen molar-refractivity contribution in [1.82, 2.24) is 9.78 Å². The van der Waals surface area contributed by atoms with Crippen molar-refractivity contribution in [3.05, 3.63) is 81.7 Å². The normalized spacial score (nSPS) is 10.4. The highest BCUT2D eigenvalue weighted by molar-refractivity contribution is 6.07. The quantitative estimate of drug-likeness (QED) is 0.388. The number of hydrogen-bond donors (Lipinski definition) is 1. The van der Waals surface area contributed by atoms with E-state index in [-0.39, 0.29) is 17.9 Å². The Bertz CT molecular complexity index is 1070. The summed E-state index contributed by atoms with van der Waals surface area (Å²) in [6, 6.07) is 12.5. The smallest absolute Gasteiger partial charge is 0.341 e. The number of benzene rings is 2. The lowest BCUT2D eigenvalue weighted by Crippen LogP contribution is -2.14. The molecule has 0 aliphatic carbocycles. The zero-order valence-corrected chi connectivity index (χ0v) is 15.8. The fourth-order valence-electron chi connectivity index (χ4n) is 2.79. The number of aromatic nitrogens is 2. The van der Waals surface area contributed by atoms with Gasteiger partial charge in [-0.1, -0.05) is 12.1 Å². The fraction of sp³-hybridized carbons (Fsp3) is 0.150. The zero-order chi connectivity index (χ0) is 21.0. The van der Waals surface area contributed by atoms with Gasteiger partial charge in [0.2, 0.25) is 0 Å². The molecule has 0 aliphatic rings. The van der Waals surface area contributed by atoms with Crippen LogP contribution in [-0.2, 0) is 4.74 Å². The van der Waals surface area contributed by atoms with Gasteiger partial charge in [0.25, 0.3) is 11.6 Å². The Balaban J connectivity index is 1.79. The Morgan fingerprint density at radius 3 is 2.48 bits per heavy atom. The largest absolute Gasteiger partial charge is 0.462 e. The van der Waals surface area contributed by atoms with Gasteiger partial charge < -0.3 is 10.1 Å². The third kappa shape index (κ3) is 4.13. The average Bonchev–Trinajstić information content (AvgIpc) is 3.10. The van der Waals surface area contributed by atoms with Crippen LogP contribution in [0.25, 0.3) is 5.69 Å². The molecule has 9 nitrogen and oxygen atoms in total. The van der Waals surface area contributed by atoms with Crippen LogP contribution >= 0.6 is 0 Å². The molecule has 0 spiro atoms. The van der Waals surface area contributed by atoms with Gasteiger partial charge in [0.15, 0.2) is 0 Å². The molecule has 3 aromatic rings. The molecule has 1 amide bonds. The topological polar surface area (TPSA) is 116 Å². The number of nitro benzene ring substituents is 1. The molecule has 1 aromatic heterocycles. The molecular formula is C20H18N4O5. The summed E-state index contributed by atoms with van der Waals surface area (Å²) in [4.78, 5) is 34.8. The molecule has 148 valence electrons. The molecule has 9 heteroatoms. The SMILES string of the molecule is CCOC(=O)c1cnn(-c2ccc(NC(=O)c3ccccc3[N+](=O)[O-])cc2)c1C. The van der Waals surface area contributed by atoms with E-state index in [2.05, 4.69) is 10.4 Å². The van der Waals surface area contributed by atoms with Gasteiger partial charge in [-0.25, -0.2) is 9.48 Å². The second-order valence-corrected chi connectivity index (χ2v) is 6.05. The maximum Gasteiger partial charge on any atom is 0.341 e. The molecule has 0 radical (unpaired) electrons. The number of carbonyl (C=O) groups excluding carboxylic acids is 2. The number of nitrogens with one attached hydrogen (secondary N) is 1. The van der Waals surface area contributed by atoms with Gasteiger partial charge in [-0.3, -0.25) is 14.9 Å². The van der Waals surface area contributed by atoms with Crippen molar-refractivity contribution in [2.75, 3.05) is 11.9 Å². The van der Waals surface area contributed by atoms with Gasteiger partial charge in [0.1, 0.15) is 11.1 Å². The number of rotatable bonds is 6. The number of hydrogen-bond acceptors (Lipinski definition) is 6. The molecule has 0 saturated carbocycles. The Kier molecular flexibility index (Phi) is 5.68. The minimum atomic E-state index is -0.598. The number of ether oxygens (including phenoxy) is 1. The molecule has 0 unspecified atom stereocenters. The van der Waals surface area contributed by atoms with Crippen LogP contribution in [0.4, 0.5) is 11.4 Å². The van der Waals surface area contributed by atoms with E-state index in [9.17, 15) is 19.7 Å². The number of nitro groups is 1. The van der Waals surface area contributed by atoms with E-state index in [1.54, 1.807) is 48.9 Å². The Morgan fingerprint density at radius 2 is 1.83 bits per heavy atom. The van der Waals surface area contributed by atoms with Crippen molar-refractivity contribution in [1.29, 1.82) is 0 Å². The van der Waals surface area contributed by atoms with Crippen molar-refractivity contribution >= 4 is 23.3 Å². The van der Waals surface area contributed by atoms with E-state index < -0.39 is 16.8 Å². The van der Waals surface area contributed by atoms with E-state index in [4.69, 9.17) is 4.74 Å². The fourth-order valence-corrected chi connectivity index (χ4v) is 2.79. The van der Waals surface area contributed by atoms with Crippen LogP contribution in [0.2, 0.25) is 0 Å². The lowest BCUT2D eigenvalue weighted by Gasteiger charge is -2.09. The van der Waals surface area contributed by atoms with Crippen LogP contribution in [-0.4, -0.2) is 33.2 Å². The van der Waals surface area contributed by atoms with Crippen LogP contribution in [0.3, 0.4) is 0 Å². The number of carbonyl (C=O) groups is 2. The number of anilines is 1. The van der Waals surface area contributed by atoms with E-state index in [0.717, 1.165) is 0 Å². The van der Waals surface area contributed by atoms with Crippen molar-refractivity contribution in [2.24, 2.45) is 0 Å². The van der Waals surface area contributed by atoms with Crippen LogP contribution in [0, 0.1) is 17.0 Å². The maximum atomic E-state index is 12.4. The molecule has 0 aliphatic heterocycles. The van der Waals surface area contributed by atoms with Crippen LogP contribution < -0.4 is 5.32 Å². The van der Waals surface area contributed by atoms with Gasteiger partial charge in [-0.05, 0) is 44.2 Å². The first kappa shape index (κ1) is 19.7. The van der Waals surface area contributed by atoms with E-state index in [1.165, 1.54) is 24.4 Å². The summed E-state index contributed by atoms with van der Waals surface area (Å²) in [5.74, 6) is -1.02. The first-order valence-corrected chi connectivity index (χ1v) is 8.79. The highest BCUT2D eigenvalue weighted by Crippen LogP contribution is 2.21. The van der Waals surface area contributed by atoms with Crippen molar-refractivity contribution in [2.45, 2.75) is 13.8 Å². The number of amides is 1. The first-order valence-electron chi connectivity index (χ1n) is 8.79. The van der Waals surface area contributed by atoms with E-state index in [1.807, 2.05) is 0 Å². The second-order valence-electron chi connectivity index (χ2n) is 6.05. The zero-order valence-electron chi connectivity index (χ0n) is 15.8. The second kappa shape index (κ2) is 8.34. The Morgan fingerprint density at radius 1 is 1.14 bits per heavy atom. The van der Waals surface area contributed by atoms with Gasteiger partial charge in [0, 0.05) is 11.8 Å². The van der Waals surface area contributed by atoms with Gasteiger partial charge in [-0.15, -0.1) is 0 Å². The molecule has 0 bridgehead atoms. The Labute approximate surface area is 166 Å². The van der Waals surface area contributed by atoms with E-state index >= 15 is 0 Å². The van der Waals surface area contributed by atoms with Gasteiger partial charge in [0.05, 0.1) is 29.1 Å². The maximum absolute atomic E-state index is 12.4. The van der Waals surface area contributed by atoms with Crippen molar-refractivity contribution in [3.63, 3.8) is 0 Å². The van der Waals surface area contributed by atoms with Crippen LogP contribution in [0.1, 0.15) is 33.3 Å². The van der Waals surface area contributed by atoms with Gasteiger partial charge in [-0.2, -0.15) is 5.10 Å². The number of esters is 1. The summed E-state index contributed by atoms with van der Waals surface area (Å²) in [6.07, 6.45) is 1.44. The van der Waals surface area contributed by atoms with Gasteiger partial charge >= 0.3 is 5.97 Å². The van der Waals surface area contributed by atoms with Crippen LogP contribution in [0.5, 0.6) is 0 Å². The first-order chi connectivity index (χ1) is 13.9. The average molecular weight is 394 g/mol. The molecule has 29 heavy (non-hydrogen) atoms. The third-order valence-corrected chi connectivity index (χ3v) is 4.22. The molecule has 0 fully saturated rings. The molecule has 1 N–H and O–H groups in total. The minimum absolute atomic E-state index is 0.0245. The summed E-state index contributed by atoms with van der Waals surface area (Å²) in [5, 5.41) is 17.9. The predicted molar refractivity (Wildman–Crippen MR) is 105 cm³/mol. The third-order valence-electron chi connectivity index (χ3n) is 4.22. The highest BCUT2D eigenvalue weighted by Gasteiger charge is 2.19. The molecule has 2 aromatic carbocycles. The summed E-state index contributed by atoms with van der Waals surface area (Å²) < 4.78 is 6.58. The van der Waals surface area contributed by atoms with Crippen LogP contribution in [0.15, 0.2) is 54.7 Å². The summed E-state index contributed by atoms with van der Waals surface area (Å²) in [7, 11) is 0. The lowest BCUT2D eigenvalue weighted by atomic mass is 10.1. The molecule has 0 atom stereocenters. The number of para-hydroxylation sites is 1. The molecule has 0 saturated heterocycles. The summed E-state index contributed by atoms with van der Waals surface area (Å²) in [6.45, 7) is 3.76. The van der Waals surface area contributed by atoms with Crippen molar-refractivity contribution < 1.29 is 19.2 Å². The monoisotopic (exact) mass is 394 g/mol. The summed E-state index contributed by atoms with van der Waals surface area (Å²) >= 11 is 0.